The number of unbranched alkanes of at least 4 members (excludes halogenated alkanes) is 2. The molecular weight excluding hydrogens is 337 g/mol. The third-order valence-electron chi connectivity index (χ3n) is 3.46. The van der Waals surface area contributed by atoms with E-state index >= 15 is 0 Å². The highest BCUT2D eigenvalue weighted by Gasteiger charge is 2.20. The zero-order valence-corrected chi connectivity index (χ0v) is 13.0. The van der Waals surface area contributed by atoms with Crippen LogP contribution in [0.5, 0.6) is 5.75 Å². The molecule has 0 aromatic heterocycles. The number of alkyl halides is 1. The number of ether oxygens (including phenoxy) is 1. The van der Waals surface area contributed by atoms with Gasteiger partial charge < -0.3 is 10.1 Å². The lowest BCUT2D eigenvalue weighted by Gasteiger charge is -2.26. The monoisotopic (exact) mass is 359 g/mol. The normalized spacial score (nSPS) is 18.2. The topological polar surface area (TPSA) is 21.3 Å². The van der Waals surface area contributed by atoms with Gasteiger partial charge in [0.1, 0.15) is 5.75 Å². The quantitative estimate of drug-likeness (QED) is 0.455. The summed E-state index contributed by atoms with van der Waals surface area (Å²) in [5.74, 6) is 1.71. The van der Waals surface area contributed by atoms with E-state index in [9.17, 15) is 0 Å². The minimum Gasteiger partial charge on any atom is -0.493 e. The highest BCUT2D eigenvalue weighted by Crippen LogP contribution is 2.32. The number of benzene rings is 1. The molecule has 0 saturated heterocycles. The average molecular weight is 359 g/mol. The Balaban J connectivity index is 1.74. The van der Waals surface area contributed by atoms with E-state index in [1.807, 2.05) is 0 Å². The van der Waals surface area contributed by atoms with E-state index in [0.717, 1.165) is 31.9 Å². The SMILES string of the molecule is ICCCCCNCC1CCOc2ccccc21. The molecule has 2 rings (SSSR count). The molecule has 0 fully saturated rings. The van der Waals surface area contributed by atoms with Gasteiger partial charge in [0, 0.05) is 12.5 Å². The largest absolute Gasteiger partial charge is 0.493 e. The van der Waals surface area contributed by atoms with Crippen molar-refractivity contribution in [2.45, 2.75) is 31.6 Å². The fourth-order valence-electron chi connectivity index (χ4n) is 2.43. The molecule has 0 bridgehead atoms. The van der Waals surface area contributed by atoms with Gasteiger partial charge in [-0.1, -0.05) is 47.2 Å². The van der Waals surface area contributed by atoms with Crippen molar-refractivity contribution in [3.05, 3.63) is 29.8 Å². The number of hydrogen-bond acceptors (Lipinski definition) is 2. The van der Waals surface area contributed by atoms with Gasteiger partial charge in [-0.05, 0) is 41.9 Å². The van der Waals surface area contributed by atoms with Crippen LogP contribution in [0, 0.1) is 0 Å². The van der Waals surface area contributed by atoms with Crippen LogP contribution in [0.1, 0.15) is 37.2 Å². The fourth-order valence-corrected chi connectivity index (χ4v) is 2.96. The summed E-state index contributed by atoms with van der Waals surface area (Å²) in [4.78, 5) is 0. The Bertz CT molecular complexity index is 356. The Hall–Kier alpha value is -0.290. The van der Waals surface area contributed by atoms with E-state index in [1.165, 1.54) is 29.3 Å². The zero-order valence-electron chi connectivity index (χ0n) is 10.8. The van der Waals surface area contributed by atoms with Gasteiger partial charge in [-0.25, -0.2) is 0 Å². The molecule has 1 unspecified atom stereocenters. The molecule has 1 N–H and O–H groups in total. The number of fused-ring (bicyclic) bond motifs is 1. The lowest BCUT2D eigenvalue weighted by Crippen LogP contribution is -2.26. The lowest BCUT2D eigenvalue weighted by atomic mass is 9.93. The third-order valence-corrected chi connectivity index (χ3v) is 4.22. The van der Waals surface area contributed by atoms with Gasteiger partial charge >= 0.3 is 0 Å². The smallest absolute Gasteiger partial charge is 0.122 e. The summed E-state index contributed by atoms with van der Waals surface area (Å²) >= 11 is 2.45. The van der Waals surface area contributed by atoms with Crippen LogP contribution in [-0.4, -0.2) is 24.1 Å². The summed E-state index contributed by atoms with van der Waals surface area (Å²) in [6, 6.07) is 8.46. The number of halogens is 1. The van der Waals surface area contributed by atoms with Crippen molar-refractivity contribution in [3.8, 4) is 5.75 Å². The minimum atomic E-state index is 0.625. The Morgan fingerprint density at radius 3 is 3.00 bits per heavy atom. The van der Waals surface area contributed by atoms with Crippen LogP contribution in [0.4, 0.5) is 0 Å². The first-order valence-corrected chi connectivity index (χ1v) is 8.43. The molecule has 1 aliphatic heterocycles. The molecule has 1 aliphatic rings. The maximum Gasteiger partial charge on any atom is 0.122 e. The van der Waals surface area contributed by atoms with Gasteiger partial charge in [-0.2, -0.15) is 0 Å². The Morgan fingerprint density at radius 1 is 1.22 bits per heavy atom. The van der Waals surface area contributed by atoms with Crippen molar-refractivity contribution < 1.29 is 4.74 Å². The standard InChI is InChI=1S/C15H22INO/c16-9-4-1-5-10-17-12-13-8-11-18-15-7-3-2-6-14(13)15/h2-3,6-7,13,17H,1,4-5,8-12H2. The Kier molecular flexibility index (Phi) is 6.28. The molecule has 1 heterocycles. The molecule has 2 nitrogen and oxygen atoms in total. The van der Waals surface area contributed by atoms with Gasteiger partial charge in [-0.3, -0.25) is 0 Å². The molecule has 1 atom stereocenters. The molecule has 0 spiro atoms. The molecule has 1 aromatic carbocycles. The van der Waals surface area contributed by atoms with Crippen LogP contribution in [0.25, 0.3) is 0 Å². The van der Waals surface area contributed by atoms with E-state index in [2.05, 4.69) is 52.2 Å². The average Bonchev–Trinajstić information content (AvgIpc) is 2.43. The Labute approximate surface area is 124 Å². The van der Waals surface area contributed by atoms with Gasteiger partial charge in [-0.15, -0.1) is 0 Å². The van der Waals surface area contributed by atoms with E-state index in [1.54, 1.807) is 0 Å². The second-order valence-electron chi connectivity index (χ2n) is 4.83. The van der Waals surface area contributed by atoms with E-state index in [4.69, 9.17) is 4.74 Å². The molecule has 3 heteroatoms. The molecular formula is C15H22INO. The molecule has 0 radical (unpaired) electrons. The van der Waals surface area contributed by atoms with E-state index in [-0.39, 0.29) is 0 Å². The van der Waals surface area contributed by atoms with Crippen molar-refractivity contribution in [2.24, 2.45) is 0 Å². The van der Waals surface area contributed by atoms with Crippen LogP contribution in [0.3, 0.4) is 0 Å². The van der Waals surface area contributed by atoms with Gasteiger partial charge in [0.2, 0.25) is 0 Å². The summed E-state index contributed by atoms with van der Waals surface area (Å²) in [5.41, 5.74) is 1.38. The second kappa shape index (κ2) is 8.00. The van der Waals surface area contributed by atoms with Crippen molar-refractivity contribution in [1.29, 1.82) is 0 Å². The zero-order chi connectivity index (χ0) is 12.6. The summed E-state index contributed by atoms with van der Waals surface area (Å²) in [6.07, 6.45) is 5.13. The predicted octanol–water partition coefficient (Wildman–Crippen LogP) is 3.75. The van der Waals surface area contributed by atoms with Crippen molar-refractivity contribution in [3.63, 3.8) is 0 Å². The van der Waals surface area contributed by atoms with Gasteiger partial charge in [0.15, 0.2) is 0 Å². The van der Waals surface area contributed by atoms with Gasteiger partial charge in [0.05, 0.1) is 6.61 Å². The predicted molar refractivity (Wildman–Crippen MR) is 84.9 cm³/mol. The number of hydrogen-bond donors (Lipinski definition) is 1. The first-order chi connectivity index (χ1) is 8.92. The molecule has 100 valence electrons. The van der Waals surface area contributed by atoms with E-state index < -0.39 is 0 Å². The molecule has 0 amide bonds. The highest BCUT2D eigenvalue weighted by atomic mass is 127. The minimum absolute atomic E-state index is 0.625. The first-order valence-electron chi connectivity index (χ1n) is 6.90. The van der Waals surface area contributed by atoms with Crippen molar-refractivity contribution >= 4 is 22.6 Å². The summed E-state index contributed by atoms with van der Waals surface area (Å²) in [6.45, 7) is 3.10. The molecule has 1 aromatic rings. The van der Waals surface area contributed by atoms with Crippen LogP contribution >= 0.6 is 22.6 Å². The number of nitrogens with one attached hydrogen (secondary N) is 1. The molecule has 0 aliphatic carbocycles. The highest BCUT2D eigenvalue weighted by molar-refractivity contribution is 14.1. The fraction of sp³-hybridized carbons (Fsp3) is 0.600. The van der Waals surface area contributed by atoms with Crippen molar-refractivity contribution in [2.75, 3.05) is 24.1 Å². The summed E-state index contributed by atoms with van der Waals surface area (Å²) in [7, 11) is 0. The third kappa shape index (κ3) is 4.12. The maximum atomic E-state index is 5.68. The second-order valence-corrected chi connectivity index (χ2v) is 5.90. The lowest BCUT2D eigenvalue weighted by molar-refractivity contribution is 0.264. The van der Waals surface area contributed by atoms with Crippen LogP contribution in [0.15, 0.2) is 24.3 Å². The Morgan fingerprint density at radius 2 is 2.11 bits per heavy atom. The van der Waals surface area contributed by atoms with Crippen LogP contribution in [-0.2, 0) is 0 Å². The number of rotatable bonds is 7. The summed E-state index contributed by atoms with van der Waals surface area (Å²) in [5, 5.41) is 3.60. The molecule has 0 saturated carbocycles. The first kappa shape index (κ1) is 14.1. The van der Waals surface area contributed by atoms with Crippen LogP contribution < -0.4 is 10.1 Å². The van der Waals surface area contributed by atoms with E-state index in [0.29, 0.717) is 5.92 Å². The molecule has 18 heavy (non-hydrogen) atoms. The van der Waals surface area contributed by atoms with Crippen molar-refractivity contribution in [1.82, 2.24) is 5.32 Å². The summed E-state index contributed by atoms with van der Waals surface area (Å²) < 4.78 is 6.97. The van der Waals surface area contributed by atoms with Crippen LogP contribution in [0.2, 0.25) is 0 Å². The van der Waals surface area contributed by atoms with Gasteiger partial charge in [0.25, 0.3) is 0 Å². The number of para-hydroxylation sites is 1. The maximum absolute atomic E-state index is 5.68.